The van der Waals surface area contributed by atoms with E-state index in [-0.39, 0.29) is 0 Å². The number of hydrogen-bond donors (Lipinski definition) is 1. The zero-order chi connectivity index (χ0) is 7.68. The van der Waals surface area contributed by atoms with Gasteiger partial charge < -0.3 is 5.11 Å². The molecule has 1 saturated carbocycles. The largest absolute Gasteiger partial charge is 0.396 e. The first-order valence-electron chi connectivity index (χ1n) is 4.06. The lowest BCUT2D eigenvalue weighted by Crippen LogP contribution is -2.03. The lowest BCUT2D eigenvalue weighted by atomic mass is 10.0. The van der Waals surface area contributed by atoms with Crippen molar-refractivity contribution in [1.29, 1.82) is 0 Å². The fraction of sp³-hybridized carbons (Fsp3) is 0.556. The summed E-state index contributed by atoms with van der Waals surface area (Å²) < 4.78 is 0. The average molecular weight is 168 g/mol. The molecule has 2 heteroatoms. The highest BCUT2D eigenvalue weighted by atomic mass is 32.1. The lowest BCUT2D eigenvalue weighted by molar-refractivity contribution is 0.255. The second kappa shape index (κ2) is 2.95. The van der Waals surface area contributed by atoms with Gasteiger partial charge in [-0.3, -0.25) is 0 Å². The zero-order valence-corrected chi connectivity index (χ0v) is 7.18. The summed E-state index contributed by atoms with van der Waals surface area (Å²) in [6, 6.07) is 4.19. The summed E-state index contributed by atoms with van der Waals surface area (Å²) in [4.78, 5) is 1.36. The molecule has 1 aliphatic carbocycles. The Kier molecular flexibility index (Phi) is 1.96. The highest BCUT2D eigenvalue weighted by molar-refractivity contribution is 7.10. The van der Waals surface area contributed by atoms with Crippen LogP contribution in [0.4, 0.5) is 0 Å². The molecule has 1 nitrogen and oxygen atoms in total. The first kappa shape index (κ1) is 7.32. The number of rotatable bonds is 3. The van der Waals surface area contributed by atoms with Crippen LogP contribution in [0.1, 0.15) is 23.6 Å². The molecule has 0 amide bonds. The Balaban J connectivity index is 2.11. The van der Waals surface area contributed by atoms with E-state index in [1.165, 1.54) is 17.7 Å². The van der Waals surface area contributed by atoms with E-state index in [0.29, 0.717) is 12.5 Å². The maximum Gasteiger partial charge on any atom is 0.0510 e. The smallest absolute Gasteiger partial charge is 0.0510 e. The molecular formula is C9H12OS. The predicted octanol–water partition coefficient (Wildman–Crippen LogP) is 2.23. The summed E-state index contributed by atoms with van der Waals surface area (Å²) >= 11 is 1.76. The third kappa shape index (κ3) is 1.47. The monoisotopic (exact) mass is 168 g/mol. The van der Waals surface area contributed by atoms with E-state index in [1.54, 1.807) is 11.3 Å². The predicted molar refractivity (Wildman–Crippen MR) is 46.9 cm³/mol. The van der Waals surface area contributed by atoms with Crippen molar-refractivity contribution in [3.8, 4) is 0 Å². The van der Waals surface area contributed by atoms with E-state index >= 15 is 0 Å². The van der Waals surface area contributed by atoms with Gasteiger partial charge in [0, 0.05) is 10.8 Å². The molecule has 0 radical (unpaired) electrons. The summed E-state index contributed by atoms with van der Waals surface area (Å²) in [7, 11) is 0. The molecular weight excluding hydrogens is 156 g/mol. The van der Waals surface area contributed by atoms with Crippen LogP contribution < -0.4 is 0 Å². The quantitative estimate of drug-likeness (QED) is 0.733. The first-order valence-corrected chi connectivity index (χ1v) is 4.94. The standard InChI is InChI=1S/C9H12OS/c10-6-8(7-3-4-7)9-2-1-5-11-9/h1-2,5,7-8,10H,3-4,6H2. The van der Waals surface area contributed by atoms with Gasteiger partial charge in [0.25, 0.3) is 0 Å². The van der Waals surface area contributed by atoms with Crippen molar-refractivity contribution in [2.45, 2.75) is 18.8 Å². The number of aliphatic hydroxyl groups excluding tert-OH is 1. The highest BCUT2D eigenvalue weighted by Crippen LogP contribution is 2.43. The van der Waals surface area contributed by atoms with Crippen molar-refractivity contribution in [1.82, 2.24) is 0 Å². The second-order valence-corrected chi connectivity index (χ2v) is 4.12. The SMILES string of the molecule is OCC(c1cccs1)C1CC1. The van der Waals surface area contributed by atoms with Gasteiger partial charge in [0.15, 0.2) is 0 Å². The lowest BCUT2D eigenvalue weighted by Gasteiger charge is -2.09. The van der Waals surface area contributed by atoms with Crippen molar-refractivity contribution in [3.05, 3.63) is 22.4 Å². The molecule has 2 rings (SSSR count). The van der Waals surface area contributed by atoms with E-state index in [2.05, 4.69) is 17.5 Å². The molecule has 1 aromatic rings. The van der Waals surface area contributed by atoms with Crippen molar-refractivity contribution in [2.24, 2.45) is 5.92 Å². The van der Waals surface area contributed by atoms with Crippen molar-refractivity contribution in [2.75, 3.05) is 6.61 Å². The van der Waals surface area contributed by atoms with E-state index in [1.807, 2.05) is 0 Å². The minimum absolute atomic E-state index is 0.325. The van der Waals surface area contributed by atoms with Crippen LogP contribution >= 0.6 is 11.3 Å². The van der Waals surface area contributed by atoms with Crippen molar-refractivity contribution in [3.63, 3.8) is 0 Å². The Morgan fingerprint density at radius 2 is 2.45 bits per heavy atom. The minimum Gasteiger partial charge on any atom is -0.396 e. The molecule has 1 atom stereocenters. The van der Waals surface area contributed by atoms with Gasteiger partial charge in [-0.15, -0.1) is 11.3 Å². The molecule has 1 heterocycles. The van der Waals surface area contributed by atoms with Gasteiger partial charge >= 0.3 is 0 Å². The summed E-state index contributed by atoms with van der Waals surface area (Å²) in [6.45, 7) is 0.325. The molecule has 1 unspecified atom stereocenters. The van der Waals surface area contributed by atoms with Crippen LogP contribution in [0.15, 0.2) is 17.5 Å². The topological polar surface area (TPSA) is 20.2 Å². The molecule has 1 fully saturated rings. The molecule has 0 saturated heterocycles. The van der Waals surface area contributed by atoms with Gasteiger partial charge in [-0.05, 0) is 30.2 Å². The van der Waals surface area contributed by atoms with Crippen LogP contribution in [-0.2, 0) is 0 Å². The Morgan fingerprint density at radius 1 is 1.64 bits per heavy atom. The van der Waals surface area contributed by atoms with Crippen molar-refractivity contribution >= 4 is 11.3 Å². The highest BCUT2D eigenvalue weighted by Gasteiger charge is 2.32. The summed E-state index contributed by atoms with van der Waals surface area (Å²) in [6.07, 6.45) is 2.62. The van der Waals surface area contributed by atoms with Crippen LogP contribution in [0, 0.1) is 5.92 Å². The molecule has 1 aliphatic rings. The summed E-state index contributed by atoms with van der Waals surface area (Å²) in [5.41, 5.74) is 0. The summed E-state index contributed by atoms with van der Waals surface area (Å²) in [5.74, 6) is 1.22. The number of hydrogen-bond acceptors (Lipinski definition) is 2. The minimum atomic E-state index is 0.325. The third-order valence-corrected chi connectivity index (χ3v) is 3.30. The van der Waals surface area contributed by atoms with Gasteiger partial charge in [0.2, 0.25) is 0 Å². The Bertz CT molecular complexity index is 213. The zero-order valence-electron chi connectivity index (χ0n) is 6.36. The van der Waals surface area contributed by atoms with E-state index in [9.17, 15) is 0 Å². The Morgan fingerprint density at radius 3 is 2.91 bits per heavy atom. The molecule has 11 heavy (non-hydrogen) atoms. The molecule has 60 valence electrons. The molecule has 0 spiro atoms. The normalized spacial score (nSPS) is 20.1. The maximum atomic E-state index is 9.11. The van der Waals surface area contributed by atoms with Crippen LogP contribution in [0.2, 0.25) is 0 Å². The van der Waals surface area contributed by atoms with Gasteiger partial charge in [-0.2, -0.15) is 0 Å². The van der Waals surface area contributed by atoms with Crippen LogP contribution in [0.5, 0.6) is 0 Å². The van der Waals surface area contributed by atoms with Crippen molar-refractivity contribution < 1.29 is 5.11 Å². The second-order valence-electron chi connectivity index (χ2n) is 3.14. The van der Waals surface area contributed by atoms with Gasteiger partial charge in [0.1, 0.15) is 0 Å². The Labute approximate surface area is 70.7 Å². The van der Waals surface area contributed by atoms with Gasteiger partial charge in [-0.1, -0.05) is 6.07 Å². The summed E-state index contributed by atoms with van der Waals surface area (Å²) in [5, 5.41) is 11.2. The van der Waals surface area contributed by atoms with Crippen LogP contribution in [0.25, 0.3) is 0 Å². The van der Waals surface area contributed by atoms with E-state index < -0.39 is 0 Å². The fourth-order valence-corrected chi connectivity index (χ4v) is 2.39. The first-order chi connectivity index (χ1) is 5.42. The number of thiophene rings is 1. The maximum absolute atomic E-state index is 9.11. The average Bonchev–Trinajstić information content (AvgIpc) is 2.68. The molecule has 1 aromatic heterocycles. The third-order valence-electron chi connectivity index (χ3n) is 2.30. The van der Waals surface area contributed by atoms with E-state index in [4.69, 9.17) is 5.11 Å². The van der Waals surface area contributed by atoms with Gasteiger partial charge in [0.05, 0.1) is 6.61 Å². The van der Waals surface area contributed by atoms with Crippen LogP contribution in [0.3, 0.4) is 0 Å². The molecule has 0 bridgehead atoms. The molecule has 0 aliphatic heterocycles. The fourth-order valence-electron chi connectivity index (χ4n) is 1.47. The number of aliphatic hydroxyl groups is 1. The molecule has 0 aromatic carbocycles. The van der Waals surface area contributed by atoms with Crippen LogP contribution in [-0.4, -0.2) is 11.7 Å². The van der Waals surface area contributed by atoms with Gasteiger partial charge in [-0.25, -0.2) is 0 Å². The molecule has 1 N–H and O–H groups in total. The Hall–Kier alpha value is -0.340. The van der Waals surface area contributed by atoms with E-state index in [0.717, 1.165) is 5.92 Å².